The van der Waals surface area contributed by atoms with E-state index in [0.29, 0.717) is 11.8 Å². The molecule has 2 aromatic carbocycles. The summed E-state index contributed by atoms with van der Waals surface area (Å²) < 4.78 is 0. The van der Waals surface area contributed by atoms with Gasteiger partial charge in [-0.15, -0.1) is 0 Å². The summed E-state index contributed by atoms with van der Waals surface area (Å²) >= 11 is 0. The Morgan fingerprint density at radius 1 is 0.688 bits per heavy atom. The Balaban J connectivity index is -0.000000189. The third kappa shape index (κ3) is 16.4. The fourth-order valence-electron chi connectivity index (χ4n) is 2.86. The second-order valence-corrected chi connectivity index (χ2v) is 23.1. The van der Waals surface area contributed by atoms with Gasteiger partial charge in [-0.25, -0.2) is 22.5 Å². The summed E-state index contributed by atoms with van der Waals surface area (Å²) in [6.07, 6.45) is 0. The van der Waals surface area contributed by atoms with E-state index < -0.39 is 16.1 Å². The van der Waals surface area contributed by atoms with E-state index in [9.17, 15) is 0 Å². The monoisotopic (exact) mass is 605 g/mol. The Morgan fingerprint density at radius 2 is 0.969 bits per heavy atom. The minimum Gasteiger partial charge on any atom is -1.00 e. The molecule has 0 saturated heterocycles. The first-order chi connectivity index (χ1) is 13.2. The molecule has 0 saturated carbocycles. The van der Waals surface area contributed by atoms with Gasteiger partial charge in [-0.05, 0) is 11.8 Å². The first-order valence-corrected chi connectivity index (χ1v) is 20.2. The van der Waals surface area contributed by atoms with Crippen LogP contribution in [0.2, 0.25) is 51.4 Å². The maximum absolute atomic E-state index is 2.40. The molecule has 0 heterocycles. The van der Waals surface area contributed by atoms with Crippen LogP contribution in [0.25, 0.3) is 0 Å². The van der Waals surface area contributed by atoms with Gasteiger partial charge in [0.15, 0.2) is 0 Å². The predicted molar refractivity (Wildman–Crippen MR) is 146 cm³/mol. The Kier molecular flexibility index (Phi) is 23.8. The largest absolute Gasteiger partial charge is 4.00 e. The van der Waals surface area contributed by atoms with Gasteiger partial charge in [0, 0.05) is 25.7 Å². The van der Waals surface area contributed by atoms with E-state index in [1.165, 1.54) is 23.2 Å². The Morgan fingerprint density at radius 3 is 1.06 bits per heavy atom. The van der Waals surface area contributed by atoms with Crippen molar-refractivity contribution in [1.82, 2.24) is 0 Å². The van der Waals surface area contributed by atoms with Crippen molar-refractivity contribution >= 4 is 36.0 Å². The number of hydrogen-bond acceptors (Lipinski definition) is 0. The summed E-state index contributed by atoms with van der Waals surface area (Å²) in [6, 6.07) is 16.8. The molecule has 2 aromatic rings. The van der Waals surface area contributed by atoms with Crippen LogP contribution >= 0.6 is 0 Å². The molecular formula is C26H49Cl2Si3Zr. The Hall–Kier alpha value is 0.814. The molecule has 0 spiro atoms. The molecule has 2 rings (SSSR count). The number of rotatable bonds is 6. The standard InChI is InChI=1S/2C11H19Si.C4H11Si.2ClH.Zr/c2*1-9(2)10-6-7-11(8-10)12(3,4)5;1-3-5-4-2;;;/h2*6-9H,1-5H3;5H,3-4H2,1-2H3;2*1H;/q2*-1;;;;+4/p-2. The molecule has 0 aliphatic rings. The third-order valence-electron chi connectivity index (χ3n) is 5.20. The molecular weight excluding hydrogens is 559 g/mol. The van der Waals surface area contributed by atoms with Gasteiger partial charge < -0.3 is 24.8 Å². The fraction of sp³-hybridized carbons (Fsp3) is 0.615. The molecule has 1 radical (unpaired) electrons. The molecule has 0 unspecified atom stereocenters. The molecule has 0 nitrogen and oxygen atoms in total. The predicted octanol–water partition coefficient (Wildman–Crippen LogP) is 1.45. The topological polar surface area (TPSA) is 0 Å². The van der Waals surface area contributed by atoms with E-state index in [1.807, 2.05) is 0 Å². The van der Waals surface area contributed by atoms with Crippen molar-refractivity contribution in [3.05, 3.63) is 47.5 Å². The molecule has 0 aliphatic heterocycles. The Bertz CT molecular complexity index is 620. The normalized spacial score (nSPS) is 10.7. The van der Waals surface area contributed by atoms with E-state index in [4.69, 9.17) is 0 Å². The van der Waals surface area contributed by atoms with Crippen LogP contribution in [0.5, 0.6) is 0 Å². The quantitative estimate of drug-likeness (QED) is 0.345. The molecule has 0 amide bonds. The van der Waals surface area contributed by atoms with Crippen LogP contribution in [-0.4, -0.2) is 25.7 Å². The molecule has 183 valence electrons. The van der Waals surface area contributed by atoms with Crippen LogP contribution in [0.1, 0.15) is 64.5 Å². The second kappa shape index (κ2) is 19.1. The zero-order chi connectivity index (χ0) is 22.8. The van der Waals surface area contributed by atoms with E-state index in [2.05, 4.69) is 117 Å². The van der Waals surface area contributed by atoms with Crippen molar-refractivity contribution in [3.63, 3.8) is 0 Å². The maximum atomic E-state index is 2.40. The summed E-state index contributed by atoms with van der Waals surface area (Å²) in [7, 11) is -1.30. The van der Waals surface area contributed by atoms with Crippen LogP contribution in [0.15, 0.2) is 36.4 Å². The average molecular weight is 608 g/mol. The third-order valence-corrected chi connectivity index (χ3v) is 10.4. The van der Waals surface area contributed by atoms with E-state index in [0.717, 1.165) is 9.52 Å². The average Bonchev–Trinajstić information content (AvgIpc) is 3.26. The molecule has 32 heavy (non-hydrogen) atoms. The van der Waals surface area contributed by atoms with Crippen molar-refractivity contribution in [2.24, 2.45) is 0 Å². The minimum absolute atomic E-state index is 0. The first kappa shape index (κ1) is 40.0. The second-order valence-electron chi connectivity index (χ2n) is 10.8. The van der Waals surface area contributed by atoms with E-state index in [-0.39, 0.29) is 51.0 Å². The van der Waals surface area contributed by atoms with E-state index >= 15 is 0 Å². The van der Waals surface area contributed by atoms with Gasteiger partial charge in [-0.3, -0.25) is 0 Å². The maximum Gasteiger partial charge on any atom is 4.00 e. The van der Waals surface area contributed by atoms with Crippen molar-refractivity contribution in [2.45, 2.75) is 105 Å². The zero-order valence-electron chi connectivity index (χ0n) is 22.9. The molecule has 0 aliphatic carbocycles. The SMILES string of the molecule is CC(C)c1cc([Si](C)(C)C)c[cH-]1.CC(C)c1cc([Si](C)(C)C)c[cH-]1.CC[SiH]CC.[Cl-].[Cl-].[Zr+4]. The Labute approximate surface area is 237 Å². The molecule has 0 bridgehead atoms. The first-order valence-electron chi connectivity index (χ1n) is 11.6. The van der Waals surface area contributed by atoms with Crippen molar-refractivity contribution in [1.29, 1.82) is 0 Å². The van der Waals surface area contributed by atoms with Crippen LogP contribution in [0.4, 0.5) is 0 Å². The van der Waals surface area contributed by atoms with Gasteiger partial charge in [0.1, 0.15) is 0 Å². The molecule has 6 heteroatoms. The summed E-state index contributed by atoms with van der Waals surface area (Å²) in [4.78, 5) is 0. The van der Waals surface area contributed by atoms with Crippen molar-refractivity contribution in [3.8, 4) is 0 Å². The van der Waals surface area contributed by atoms with Gasteiger partial charge in [0.25, 0.3) is 0 Å². The van der Waals surface area contributed by atoms with Crippen molar-refractivity contribution < 1.29 is 51.0 Å². The molecule has 0 aromatic heterocycles. The molecule has 0 N–H and O–H groups in total. The smallest absolute Gasteiger partial charge is 1.00 e. The number of halogens is 2. The van der Waals surface area contributed by atoms with E-state index in [1.54, 1.807) is 10.4 Å². The fourth-order valence-corrected chi connectivity index (χ4v) is 5.81. The van der Waals surface area contributed by atoms with Crippen LogP contribution in [-0.2, 0) is 26.2 Å². The van der Waals surface area contributed by atoms with Gasteiger partial charge in [-0.1, -0.05) is 92.9 Å². The van der Waals surface area contributed by atoms with Gasteiger partial charge in [0.2, 0.25) is 0 Å². The molecule has 0 fully saturated rings. The van der Waals surface area contributed by atoms with Crippen LogP contribution < -0.4 is 35.2 Å². The number of hydrogen-bond donors (Lipinski definition) is 0. The zero-order valence-corrected chi connectivity index (χ0v) is 30.0. The summed E-state index contributed by atoms with van der Waals surface area (Å²) in [6.45, 7) is 27.9. The minimum atomic E-state index is -1.06. The van der Waals surface area contributed by atoms with Crippen LogP contribution in [0, 0.1) is 0 Å². The van der Waals surface area contributed by atoms with Gasteiger partial charge >= 0.3 is 26.2 Å². The van der Waals surface area contributed by atoms with Crippen LogP contribution in [0.3, 0.4) is 0 Å². The van der Waals surface area contributed by atoms with Gasteiger partial charge in [0.05, 0.1) is 0 Å². The summed E-state index contributed by atoms with van der Waals surface area (Å²) in [5.41, 5.74) is 2.99. The van der Waals surface area contributed by atoms with Crippen molar-refractivity contribution in [2.75, 3.05) is 0 Å². The van der Waals surface area contributed by atoms with Gasteiger partial charge in [-0.2, -0.15) is 35.4 Å². The summed E-state index contributed by atoms with van der Waals surface area (Å²) in [5.74, 6) is 1.35. The summed E-state index contributed by atoms with van der Waals surface area (Å²) in [5, 5.41) is 3.18. The molecule has 0 atom stereocenters.